The van der Waals surface area contributed by atoms with Crippen LogP contribution in [-0.2, 0) is 9.84 Å². The quantitative estimate of drug-likeness (QED) is 0.677. The van der Waals surface area contributed by atoms with Crippen LogP contribution in [0.2, 0.25) is 0 Å². The molecule has 0 N–H and O–H groups in total. The fraction of sp³-hybridized carbons (Fsp3) is 0.364. The van der Waals surface area contributed by atoms with Crippen molar-refractivity contribution in [1.29, 1.82) is 5.26 Å². The zero-order valence-corrected chi connectivity index (χ0v) is 18.7. The van der Waals surface area contributed by atoms with Gasteiger partial charge in [0.05, 0.1) is 22.3 Å². The number of halogens is 2. The van der Waals surface area contributed by atoms with E-state index in [1.165, 1.54) is 23.1 Å². The summed E-state index contributed by atoms with van der Waals surface area (Å²) in [4.78, 5) is 16.4. The van der Waals surface area contributed by atoms with Crippen LogP contribution in [0.1, 0.15) is 29.8 Å². The first kappa shape index (κ1) is 23.5. The molecule has 2 aromatic carbocycles. The largest absolute Gasteiger partial charge is 0.490 e. The molecule has 0 atom stereocenters. The molecule has 0 bridgehead atoms. The molecule has 1 heterocycles. The average molecular weight is 464 g/mol. The van der Waals surface area contributed by atoms with Crippen LogP contribution >= 0.6 is 0 Å². The third-order valence-corrected chi connectivity index (χ3v) is 6.14. The van der Waals surface area contributed by atoms with Crippen molar-refractivity contribution in [1.82, 2.24) is 4.90 Å². The number of nitriles is 1. The summed E-state index contributed by atoms with van der Waals surface area (Å²) in [7, 11) is -3.53. The molecule has 3 rings (SSSR count). The number of anilines is 1. The second-order valence-electron chi connectivity index (χ2n) is 7.77. The minimum Gasteiger partial charge on any atom is -0.490 e. The Balaban J connectivity index is 1.85. The minimum atomic E-state index is -3.53. The van der Waals surface area contributed by atoms with Crippen LogP contribution in [0.4, 0.5) is 14.5 Å². The highest BCUT2D eigenvalue weighted by Gasteiger charge is 2.28. The molecule has 7 nitrogen and oxygen atoms in total. The van der Waals surface area contributed by atoms with Gasteiger partial charge in [-0.1, -0.05) is 0 Å². The number of benzene rings is 2. The van der Waals surface area contributed by atoms with Crippen molar-refractivity contribution < 1.29 is 26.7 Å². The van der Waals surface area contributed by atoms with Gasteiger partial charge in [-0.05, 0) is 38.1 Å². The Kier molecular flexibility index (Phi) is 6.69. The van der Waals surface area contributed by atoms with Crippen molar-refractivity contribution in [3.63, 3.8) is 0 Å². The maximum absolute atomic E-state index is 14.0. The Labute approximate surface area is 185 Å². The fourth-order valence-electron chi connectivity index (χ4n) is 3.50. The van der Waals surface area contributed by atoms with Crippen molar-refractivity contribution in [2.24, 2.45) is 0 Å². The van der Waals surface area contributed by atoms with Gasteiger partial charge in [-0.15, -0.1) is 0 Å². The summed E-state index contributed by atoms with van der Waals surface area (Å²) >= 11 is 0. The highest BCUT2D eigenvalue weighted by molar-refractivity contribution is 7.90. The molecule has 0 aromatic heterocycles. The molecule has 170 valence electrons. The van der Waals surface area contributed by atoms with Gasteiger partial charge in [-0.25, -0.2) is 17.2 Å². The molecular formula is C22H23F2N3O4S. The van der Waals surface area contributed by atoms with Crippen LogP contribution in [0.15, 0.2) is 35.2 Å². The summed E-state index contributed by atoms with van der Waals surface area (Å²) in [5.74, 6) is -1.85. The number of piperazine rings is 1. The molecular weight excluding hydrogens is 440 g/mol. The van der Waals surface area contributed by atoms with E-state index in [1.807, 2.05) is 0 Å². The molecule has 10 heteroatoms. The fourth-order valence-corrected chi connectivity index (χ4v) is 4.15. The zero-order chi connectivity index (χ0) is 23.6. The summed E-state index contributed by atoms with van der Waals surface area (Å²) < 4.78 is 57.3. The number of sulfone groups is 1. The van der Waals surface area contributed by atoms with E-state index in [-0.39, 0.29) is 59.7 Å². The molecule has 0 spiro atoms. The predicted octanol–water partition coefficient (Wildman–Crippen LogP) is 2.99. The van der Waals surface area contributed by atoms with Crippen LogP contribution in [0.25, 0.3) is 0 Å². The van der Waals surface area contributed by atoms with Gasteiger partial charge in [0.2, 0.25) is 0 Å². The van der Waals surface area contributed by atoms with E-state index in [1.54, 1.807) is 24.8 Å². The van der Waals surface area contributed by atoms with Gasteiger partial charge < -0.3 is 14.5 Å². The lowest BCUT2D eigenvalue weighted by Crippen LogP contribution is -2.49. The predicted molar refractivity (Wildman–Crippen MR) is 115 cm³/mol. The molecule has 0 saturated carbocycles. The third-order valence-electron chi connectivity index (χ3n) is 5.03. The maximum atomic E-state index is 14.0. The van der Waals surface area contributed by atoms with Gasteiger partial charge >= 0.3 is 0 Å². The smallest absolute Gasteiger partial charge is 0.257 e. The highest BCUT2D eigenvalue weighted by Crippen LogP contribution is 2.28. The first-order valence-electron chi connectivity index (χ1n) is 9.95. The van der Waals surface area contributed by atoms with E-state index < -0.39 is 27.4 Å². The van der Waals surface area contributed by atoms with Gasteiger partial charge in [0.1, 0.15) is 29.0 Å². The van der Waals surface area contributed by atoms with Gasteiger partial charge in [-0.2, -0.15) is 5.26 Å². The summed E-state index contributed by atoms with van der Waals surface area (Å²) in [5, 5.41) is 9.24. The number of carbonyl (C=O) groups is 1. The monoisotopic (exact) mass is 463 g/mol. The zero-order valence-electron chi connectivity index (χ0n) is 17.9. The number of rotatable bonds is 5. The number of ether oxygens (including phenoxy) is 1. The highest BCUT2D eigenvalue weighted by atomic mass is 32.2. The molecule has 0 unspecified atom stereocenters. The van der Waals surface area contributed by atoms with E-state index in [0.29, 0.717) is 6.07 Å². The van der Waals surface area contributed by atoms with Crippen molar-refractivity contribution >= 4 is 21.4 Å². The van der Waals surface area contributed by atoms with Gasteiger partial charge in [0.25, 0.3) is 5.91 Å². The number of hydrogen-bond donors (Lipinski definition) is 0. The lowest BCUT2D eigenvalue weighted by atomic mass is 10.1. The van der Waals surface area contributed by atoms with Crippen molar-refractivity contribution in [2.75, 3.05) is 37.3 Å². The Morgan fingerprint density at radius 1 is 1.12 bits per heavy atom. The first-order chi connectivity index (χ1) is 15.0. The van der Waals surface area contributed by atoms with Gasteiger partial charge in [0, 0.05) is 38.5 Å². The van der Waals surface area contributed by atoms with Crippen LogP contribution in [0.5, 0.6) is 5.75 Å². The molecule has 0 aliphatic carbocycles. The third kappa shape index (κ3) is 4.99. The van der Waals surface area contributed by atoms with E-state index in [9.17, 15) is 27.3 Å². The minimum absolute atomic E-state index is 0.00416. The Morgan fingerprint density at radius 2 is 1.78 bits per heavy atom. The Hall–Kier alpha value is -3.19. The first-order valence-corrected chi connectivity index (χ1v) is 11.8. The Bertz CT molecular complexity index is 1180. The molecule has 1 fully saturated rings. The molecule has 0 radical (unpaired) electrons. The number of nitrogens with zero attached hydrogens (tertiary/aromatic N) is 3. The number of hydrogen-bond acceptors (Lipinski definition) is 6. The molecule has 1 aliphatic heterocycles. The summed E-state index contributed by atoms with van der Waals surface area (Å²) in [6.45, 7) is 4.51. The topological polar surface area (TPSA) is 90.7 Å². The van der Waals surface area contributed by atoms with Crippen LogP contribution in [0.3, 0.4) is 0 Å². The normalized spacial score (nSPS) is 14.4. The van der Waals surface area contributed by atoms with Crippen molar-refractivity contribution in [2.45, 2.75) is 24.8 Å². The molecule has 1 saturated heterocycles. The molecule has 1 aliphatic rings. The summed E-state index contributed by atoms with van der Waals surface area (Å²) in [5.41, 5.74) is 0.0178. The Morgan fingerprint density at radius 3 is 2.34 bits per heavy atom. The SMILES string of the molecule is CC(C)Oc1ccc(S(C)(=O)=O)cc1C(=O)N1CCN(c2cc(F)cc(F)c2C#N)CC1. The van der Waals surface area contributed by atoms with Crippen molar-refractivity contribution in [3.8, 4) is 11.8 Å². The maximum Gasteiger partial charge on any atom is 0.257 e. The van der Waals surface area contributed by atoms with Crippen LogP contribution < -0.4 is 9.64 Å². The van der Waals surface area contributed by atoms with E-state index >= 15 is 0 Å². The van der Waals surface area contributed by atoms with E-state index in [4.69, 9.17) is 4.74 Å². The van der Waals surface area contributed by atoms with Gasteiger partial charge in [-0.3, -0.25) is 4.79 Å². The van der Waals surface area contributed by atoms with Crippen LogP contribution in [0, 0.1) is 23.0 Å². The second kappa shape index (κ2) is 9.12. The number of carbonyl (C=O) groups excluding carboxylic acids is 1. The lowest BCUT2D eigenvalue weighted by Gasteiger charge is -2.36. The summed E-state index contributed by atoms with van der Waals surface area (Å²) in [6, 6.07) is 7.68. The van der Waals surface area contributed by atoms with Crippen LogP contribution in [-0.4, -0.2) is 57.8 Å². The van der Waals surface area contributed by atoms with E-state index in [0.717, 1.165) is 12.3 Å². The second-order valence-corrected chi connectivity index (χ2v) is 9.79. The molecule has 2 aromatic rings. The molecule has 1 amide bonds. The molecule has 32 heavy (non-hydrogen) atoms. The standard InChI is InChI=1S/C22H23F2N3O4S/c1-14(2)31-21-5-4-16(32(3,29)30)12-17(21)22(28)27-8-6-26(7-9-27)20-11-15(23)10-19(24)18(20)13-25/h4-5,10-12,14H,6-9H2,1-3H3. The average Bonchev–Trinajstić information content (AvgIpc) is 2.72. The lowest BCUT2D eigenvalue weighted by molar-refractivity contribution is 0.0740. The van der Waals surface area contributed by atoms with E-state index in [2.05, 4.69) is 0 Å². The number of amides is 1. The van der Waals surface area contributed by atoms with Crippen molar-refractivity contribution in [3.05, 3.63) is 53.1 Å². The summed E-state index contributed by atoms with van der Waals surface area (Å²) in [6.07, 6.45) is 0.832. The van der Waals surface area contributed by atoms with Gasteiger partial charge in [0.15, 0.2) is 9.84 Å².